The Morgan fingerprint density at radius 3 is 2.75 bits per heavy atom. The van der Waals surface area contributed by atoms with Gasteiger partial charge in [-0.3, -0.25) is 4.79 Å². The molecule has 1 heterocycles. The standard InChI is InChI=1S/C24H31NO3/c1-15-9-11-19-21(13-15)28-22(14-24(19,3)25-16(2)26)23-18-8-6-5-7-17(18)10-12-20(23)27-4/h5-8,10,12,15,19,21-22H,9,11,13-14H2,1-4H3,(H,25,26)/t15-,19-,21-,22-,24+/m1/s1. The Morgan fingerprint density at radius 1 is 1.21 bits per heavy atom. The molecule has 1 amide bonds. The zero-order chi connectivity index (χ0) is 19.9. The van der Waals surface area contributed by atoms with Crippen molar-refractivity contribution in [2.24, 2.45) is 11.8 Å². The molecule has 2 aromatic rings. The minimum absolute atomic E-state index is 0.0328. The largest absolute Gasteiger partial charge is 0.496 e. The van der Waals surface area contributed by atoms with Crippen LogP contribution >= 0.6 is 0 Å². The van der Waals surface area contributed by atoms with Crippen LogP contribution in [0.5, 0.6) is 5.75 Å². The predicted molar refractivity (Wildman–Crippen MR) is 111 cm³/mol. The van der Waals surface area contributed by atoms with E-state index in [9.17, 15) is 4.79 Å². The molecule has 2 aliphatic rings. The number of methoxy groups -OCH3 is 1. The number of carbonyl (C=O) groups excluding carboxylic acids is 1. The lowest BCUT2D eigenvalue weighted by molar-refractivity contribution is -0.153. The zero-order valence-electron chi connectivity index (χ0n) is 17.3. The van der Waals surface area contributed by atoms with Crippen molar-refractivity contribution in [1.82, 2.24) is 5.32 Å². The van der Waals surface area contributed by atoms with E-state index in [0.717, 1.165) is 30.6 Å². The van der Waals surface area contributed by atoms with Crippen molar-refractivity contribution in [3.8, 4) is 5.75 Å². The highest BCUT2D eigenvalue weighted by Crippen LogP contribution is 2.50. The predicted octanol–water partition coefficient (Wildman–Crippen LogP) is 5.01. The molecular formula is C24H31NO3. The van der Waals surface area contributed by atoms with Crippen LogP contribution in [0.25, 0.3) is 10.8 Å². The second kappa shape index (κ2) is 7.40. The summed E-state index contributed by atoms with van der Waals surface area (Å²) in [5.41, 5.74) is 0.829. The van der Waals surface area contributed by atoms with Gasteiger partial charge in [0.05, 0.1) is 19.3 Å². The zero-order valence-corrected chi connectivity index (χ0v) is 17.3. The molecule has 1 aliphatic heterocycles. The van der Waals surface area contributed by atoms with Crippen molar-refractivity contribution < 1.29 is 14.3 Å². The molecule has 0 unspecified atom stereocenters. The first-order chi connectivity index (χ1) is 13.4. The number of fused-ring (bicyclic) bond motifs is 2. The normalized spacial score (nSPS) is 32.6. The smallest absolute Gasteiger partial charge is 0.217 e. The second-order valence-corrected chi connectivity index (χ2v) is 8.89. The molecule has 1 aliphatic carbocycles. The number of carbonyl (C=O) groups is 1. The van der Waals surface area contributed by atoms with Gasteiger partial charge in [0.1, 0.15) is 5.75 Å². The summed E-state index contributed by atoms with van der Waals surface area (Å²) in [5, 5.41) is 5.65. The van der Waals surface area contributed by atoms with Gasteiger partial charge in [0.15, 0.2) is 0 Å². The van der Waals surface area contributed by atoms with Crippen LogP contribution in [0.2, 0.25) is 0 Å². The van der Waals surface area contributed by atoms with Crippen LogP contribution < -0.4 is 10.1 Å². The van der Waals surface area contributed by atoms with Crippen LogP contribution in [0.15, 0.2) is 36.4 Å². The van der Waals surface area contributed by atoms with Crippen molar-refractivity contribution in [3.05, 3.63) is 42.0 Å². The number of nitrogens with one attached hydrogen (secondary N) is 1. The summed E-state index contributed by atoms with van der Waals surface area (Å²) in [5.74, 6) is 1.89. The number of hydrogen-bond acceptors (Lipinski definition) is 3. The van der Waals surface area contributed by atoms with Crippen LogP contribution in [0.3, 0.4) is 0 Å². The Hall–Kier alpha value is -2.07. The highest BCUT2D eigenvalue weighted by atomic mass is 16.5. The molecule has 1 N–H and O–H groups in total. The molecule has 1 saturated carbocycles. The van der Waals surface area contributed by atoms with Crippen LogP contribution in [0.4, 0.5) is 0 Å². The van der Waals surface area contributed by atoms with Gasteiger partial charge in [0.2, 0.25) is 5.91 Å². The summed E-state index contributed by atoms with van der Waals surface area (Å²) in [6.07, 6.45) is 4.15. The Labute approximate surface area is 167 Å². The van der Waals surface area contributed by atoms with Gasteiger partial charge in [-0.05, 0) is 42.5 Å². The maximum atomic E-state index is 12.1. The molecule has 4 rings (SSSR count). The van der Waals surface area contributed by atoms with E-state index in [1.54, 1.807) is 14.0 Å². The van der Waals surface area contributed by atoms with Gasteiger partial charge in [0.25, 0.3) is 0 Å². The molecule has 2 fully saturated rings. The number of hydrogen-bond donors (Lipinski definition) is 1. The van der Waals surface area contributed by atoms with E-state index in [2.05, 4.69) is 49.5 Å². The minimum atomic E-state index is -0.276. The second-order valence-electron chi connectivity index (χ2n) is 8.89. The highest BCUT2D eigenvalue weighted by Gasteiger charge is 2.49. The fraction of sp³-hybridized carbons (Fsp3) is 0.542. The van der Waals surface area contributed by atoms with Crippen LogP contribution in [-0.4, -0.2) is 24.7 Å². The number of rotatable bonds is 3. The number of benzene rings is 2. The van der Waals surface area contributed by atoms with E-state index >= 15 is 0 Å². The molecule has 5 atom stereocenters. The van der Waals surface area contributed by atoms with Crippen molar-refractivity contribution in [2.45, 2.75) is 64.2 Å². The average molecular weight is 382 g/mol. The Morgan fingerprint density at radius 2 is 2.00 bits per heavy atom. The van der Waals surface area contributed by atoms with Crippen molar-refractivity contribution in [2.75, 3.05) is 7.11 Å². The molecule has 0 radical (unpaired) electrons. The molecule has 4 heteroatoms. The molecular weight excluding hydrogens is 350 g/mol. The van der Waals surface area contributed by atoms with E-state index in [1.807, 2.05) is 6.07 Å². The highest BCUT2D eigenvalue weighted by molar-refractivity contribution is 5.88. The lowest BCUT2D eigenvalue weighted by Crippen LogP contribution is -2.60. The molecule has 150 valence electrons. The lowest BCUT2D eigenvalue weighted by Gasteiger charge is -2.52. The van der Waals surface area contributed by atoms with Crippen LogP contribution in [0, 0.1) is 11.8 Å². The molecule has 0 aromatic heterocycles. The minimum Gasteiger partial charge on any atom is -0.496 e. The van der Waals surface area contributed by atoms with E-state index in [4.69, 9.17) is 9.47 Å². The first-order valence-electron chi connectivity index (χ1n) is 10.4. The third-order valence-electron chi connectivity index (χ3n) is 6.75. The Kier molecular flexibility index (Phi) is 5.09. The summed E-state index contributed by atoms with van der Waals surface area (Å²) in [7, 11) is 1.72. The maximum absolute atomic E-state index is 12.1. The van der Waals surface area contributed by atoms with Crippen molar-refractivity contribution >= 4 is 16.7 Å². The topological polar surface area (TPSA) is 47.6 Å². The Bertz CT molecular complexity index is 879. The molecule has 0 spiro atoms. The molecule has 4 nitrogen and oxygen atoms in total. The van der Waals surface area contributed by atoms with Gasteiger partial charge in [-0.25, -0.2) is 0 Å². The van der Waals surface area contributed by atoms with Gasteiger partial charge in [-0.1, -0.05) is 43.7 Å². The number of ether oxygens (including phenoxy) is 2. The van der Waals surface area contributed by atoms with Gasteiger partial charge in [-0.15, -0.1) is 0 Å². The fourth-order valence-corrected chi connectivity index (χ4v) is 5.51. The maximum Gasteiger partial charge on any atom is 0.217 e. The van der Waals surface area contributed by atoms with Crippen LogP contribution in [0.1, 0.15) is 58.1 Å². The monoisotopic (exact) mass is 381 g/mol. The number of amides is 1. The third-order valence-corrected chi connectivity index (χ3v) is 6.75. The fourth-order valence-electron chi connectivity index (χ4n) is 5.51. The van der Waals surface area contributed by atoms with E-state index in [0.29, 0.717) is 11.8 Å². The summed E-state index contributed by atoms with van der Waals surface area (Å²) in [4.78, 5) is 12.1. The summed E-state index contributed by atoms with van der Waals surface area (Å²) >= 11 is 0. The first-order valence-corrected chi connectivity index (χ1v) is 10.4. The van der Waals surface area contributed by atoms with Crippen molar-refractivity contribution in [1.29, 1.82) is 0 Å². The van der Waals surface area contributed by atoms with Crippen molar-refractivity contribution in [3.63, 3.8) is 0 Å². The van der Waals surface area contributed by atoms with E-state index < -0.39 is 0 Å². The lowest BCUT2D eigenvalue weighted by atomic mass is 9.66. The van der Waals surface area contributed by atoms with E-state index in [1.165, 1.54) is 17.2 Å². The van der Waals surface area contributed by atoms with E-state index in [-0.39, 0.29) is 23.7 Å². The quantitative estimate of drug-likeness (QED) is 0.813. The summed E-state index contributed by atoms with van der Waals surface area (Å²) in [6, 6.07) is 12.5. The van der Waals surface area contributed by atoms with Gasteiger partial charge >= 0.3 is 0 Å². The molecule has 28 heavy (non-hydrogen) atoms. The van der Waals surface area contributed by atoms with Gasteiger partial charge in [-0.2, -0.15) is 0 Å². The summed E-state index contributed by atoms with van der Waals surface area (Å²) < 4.78 is 12.5. The first kappa shape index (κ1) is 19.3. The molecule has 2 aromatic carbocycles. The summed E-state index contributed by atoms with van der Waals surface area (Å²) in [6.45, 7) is 6.13. The molecule has 1 saturated heterocycles. The van der Waals surface area contributed by atoms with Gasteiger partial charge in [0, 0.05) is 30.4 Å². The average Bonchev–Trinajstić information content (AvgIpc) is 2.65. The van der Waals surface area contributed by atoms with Gasteiger partial charge < -0.3 is 14.8 Å². The van der Waals surface area contributed by atoms with Crippen LogP contribution in [-0.2, 0) is 9.53 Å². The third kappa shape index (κ3) is 3.39. The Balaban J connectivity index is 1.80. The molecule has 0 bridgehead atoms. The SMILES string of the molecule is COc1ccc2ccccc2c1[C@H]1C[C@](C)(NC(C)=O)[C@@H]2CC[C@@H](C)C[C@H]2O1.